The molecule has 1 heterocycles. The zero-order valence-electron chi connectivity index (χ0n) is 19.2. The molecular weight excluding hydrogens is 402 g/mol. The fourth-order valence-electron chi connectivity index (χ4n) is 3.34. The molecule has 1 aromatic heterocycles. The van der Waals surface area contributed by atoms with Gasteiger partial charge in [-0.05, 0) is 29.7 Å². The molecule has 0 aliphatic carbocycles. The smallest absolute Gasteiger partial charge is 0.191 e. The third kappa shape index (κ3) is 7.42. The highest BCUT2D eigenvalue weighted by atomic mass is 16.5. The molecule has 0 aliphatic rings. The van der Waals surface area contributed by atoms with Crippen LogP contribution in [-0.2, 0) is 24.4 Å². The maximum atomic E-state index is 5.98. The quantitative estimate of drug-likeness (QED) is 0.274. The van der Waals surface area contributed by atoms with Crippen LogP contribution in [0.1, 0.15) is 28.7 Å². The van der Waals surface area contributed by atoms with Crippen LogP contribution in [0.2, 0.25) is 0 Å². The Balaban J connectivity index is 1.53. The van der Waals surface area contributed by atoms with Gasteiger partial charge >= 0.3 is 0 Å². The van der Waals surface area contributed by atoms with Crippen LogP contribution in [0.4, 0.5) is 0 Å². The van der Waals surface area contributed by atoms with Crippen molar-refractivity contribution in [2.75, 3.05) is 27.4 Å². The first-order valence-electron chi connectivity index (χ1n) is 10.9. The third-order valence-corrected chi connectivity index (χ3v) is 5.02. The van der Waals surface area contributed by atoms with Gasteiger partial charge in [-0.15, -0.1) is 0 Å². The van der Waals surface area contributed by atoms with Gasteiger partial charge in [0.2, 0.25) is 0 Å². The monoisotopic (exact) mass is 435 g/mol. The number of imidazole rings is 1. The molecule has 0 unspecified atom stereocenters. The first-order chi connectivity index (χ1) is 15.7. The van der Waals surface area contributed by atoms with Gasteiger partial charge in [-0.25, -0.2) is 4.98 Å². The fraction of sp³-hybridized carbons (Fsp3) is 0.360. The molecule has 0 saturated heterocycles. The van der Waals surface area contributed by atoms with Gasteiger partial charge < -0.3 is 24.7 Å². The number of hydrogen-bond acceptors (Lipinski definition) is 4. The molecule has 0 saturated carbocycles. The van der Waals surface area contributed by atoms with Crippen molar-refractivity contribution in [2.24, 2.45) is 4.99 Å². The van der Waals surface area contributed by atoms with Crippen molar-refractivity contribution in [1.29, 1.82) is 0 Å². The second kappa shape index (κ2) is 12.5. The topological polar surface area (TPSA) is 72.7 Å². The number of methoxy groups -OCH3 is 1. The Morgan fingerprint density at radius 2 is 1.91 bits per heavy atom. The summed E-state index contributed by atoms with van der Waals surface area (Å²) >= 11 is 0. The lowest BCUT2D eigenvalue weighted by Crippen LogP contribution is -2.36. The summed E-state index contributed by atoms with van der Waals surface area (Å²) in [6.07, 6.45) is 6.46. The van der Waals surface area contributed by atoms with Gasteiger partial charge in [-0.3, -0.25) is 4.99 Å². The SMILES string of the molecule is CN=C(NCc1cccc(Cn2ccnc2)c1)NCc1ccc(C)cc1OCCCOC. The zero-order chi connectivity index (χ0) is 22.6. The molecule has 7 nitrogen and oxygen atoms in total. The Labute approximate surface area is 190 Å². The van der Waals surface area contributed by atoms with Gasteiger partial charge in [0.05, 0.1) is 12.9 Å². The molecular formula is C25H33N5O2. The van der Waals surface area contributed by atoms with E-state index < -0.39 is 0 Å². The van der Waals surface area contributed by atoms with E-state index in [9.17, 15) is 0 Å². The highest BCUT2D eigenvalue weighted by Gasteiger charge is 2.07. The highest BCUT2D eigenvalue weighted by Crippen LogP contribution is 2.20. The van der Waals surface area contributed by atoms with Crippen LogP contribution >= 0.6 is 0 Å². The summed E-state index contributed by atoms with van der Waals surface area (Å²) in [5.41, 5.74) is 4.70. The van der Waals surface area contributed by atoms with Crippen molar-refractivity contribution in [2.45, 2.75) is 33.0 Å². The van der Waals surface area contributed by atoms with Crippen LogP contribution in [-0.4, -0.2) is 42.9 Å². The first kappa shape index (κ1) is 23.3. The minimum Gasteiger partial charge on any atom is -0.493 e. The minimum absolute atomic E-state index is 0.625. The lowest BCUT2D eigenvalue weighted by molar-refractivity contribution is 0.171. The lowest BCUT2D eigenvalue weighted by atomic mass is 10.1. The van der Waals surface area contributed by atoms with E-state index in [-0.39, 0.29) is 0 Å². The molecule has 2 aromatic carbocycles. The van der Waals surface area contributed by atoms with Crippen molar-refractivity contribution in [3.63, 3.8) is 0 Å². The molecule has 2 N–H and O–H groups in total. The van der Waals surface area contributed by atoms with E-state index in [0.717, 1.165) is 30.2 Å². The fourth-order valence-corrected chi connectivity index (χ4v) is 3.34. The van der Waals surface area contributed by atoms with Gasteiger partial charge in [0.25, 0.3) is 0 Å². The maximum Gasteiger partial charge on any atom is 0.191 e. The normalized spacial score (nSPS) is 11.4. The van der Waals surface area contributed by atoms with Crippen molar-refractivity contribution >= 4 is 5.96 Å². The molecule has 0 aliphatic heterocycles. The number of hydrogen-bond donors (Lipinski definition) is 2. The standard InChI is InChI=1S/C25H33N5O2/c1-20-8-9-23(24(14-20)32-13-5-12-31-3)17-29-25(26-2)28-16-21-6-4-7-22(15-21)18-30-11-10-27-19-30/h4,6-11,14-15,19H,5,12-13,16-18H2,1-3H3,(H2,26,28,29). The molecule has 0 fully saturated rings. The van der Waals surface area contributed by atoms with Crippen LogP contribution < -0.4 is 15.4 Å². The number of benzene rings is 2. The van der Waals surface area contributed by atoms with Gasteiger partial charge in [-0.2, -0.15) is 0 Å². The molecule has 3 rings (SSSR count). The summed E-state index contributed by atoms with van der Waals surface area (Å²) in [5, 5.41) is 6.79. The molecule has 0 spiro atoms. The van der Waals surface area contributed by atoms with Crippen LogP contribution in [0.3, 0.4) is 0 Å². The van der Waals surface area contributed by atoms with E-state index in [1.165, 1.54) is 16.7 Å². The summed E-state index contributed by atoms with van der Waals surface area (Å²) in [5.74, 6) is 1.65. The van der Waals surface area contributed by atoms with Crippen molar-refractivity contribution in [3.05, 3.63) is 83.4 Å². The number of ether oxygens (including phenoxy) is 2. The third-order valence-electron chi connectivity index (χ3n) is 5.02. The molecule has 0 amide bonds. The summed E-state index contributed by atoms with van der Waals surface area (Å²) in [6.45, 7) is 5.51. The largest absolute Gasteiger partial charge is 0.493 e. The van der Waals surface area contributed by atoms with Crippen LogP contribution in [0.15, 0.2) is 66.2 Å². The summed E-state index contributed by atoms with van der Waals surface area (Å²) in [4.78, 5) is 8.46. The van der Waals surface area contributed by atoms with E-state index in [1.807, 2.05) is 12.5 Å². The predicted molar refractivity (Wildman–Crippen MR) is 128 cm³/mol. The predicted octanol–water partition coefficient (Wildman–Crippen LogP) is 3.52. The number of nitrogens with one attached hydrogen (secondary N) is 2. The van der Waals surface area contributed by atoms with Gasteiger partial charge in [0.15, 0.2) is 5.96 Å². The van der Waals surface area contributed by atoms with Crippen LogP contribution in [0.5, 0.6) is 5.75 Å². The number of nitrogens with zero attached hydrogens (tertiary/aromatic N) is 3. The molecule has 7 heteroatoms. The van der Waals surface area contributed by atoms with Crippen molar-refractivity contribution in [3.8, 4) is 5.75 Å². The van der Waals surface area contributed by atoms with Crippen molar-refractivity contribution < 1.29 is 9.47 Å². The number of guanidine groups is 1. The number of aryl methyl sites for hydroxylation is 1. The molecule has 0 radical (unpaired) electrons. The highest BCUT2D eigenvalue weighted by molar-refractivity contribution is 5.79. The average Bonchev–Trinajstić information content (AvgIpc) is 3.31. The summed E-state index contributed by atoms with van der Waals surface area (Å²) in [7, 11) is 3.48. The second-order valence-corrected chi connectivity index (χ2v) is 7.64. The molecule has 170 valence electrons. The van der Waals surface area contributed by atoms with Gasteiger partial charge in [-0.1, -0.05) is 36.4 Å². The van der Waals surface area contributed by atoms with E-state index in [1.54, 1.807) is 20.4 Å². The minimum atomic E-state index is 0.625. The Morgan fingerprint density at radius 1 is 1.06 bits per heavy atom. The Bertz CT molecular complexity index is 986. The van der Waals surface area contributed by atoms with Gasteiger partial charge in [0, 0.05) is 64.8 Å². The van der Waals surface area contributed by atoms with E-state index >= 15 is 0 Å². The molecule has 0 bridgehead atoms. The van der Waals surface area contributed by atoms with E-state index in [0.29, 0.717) is 26.3 Å². The van der Waals surface area contributed by atoms with Crippen molar-refractivity contribution in [1.82, 2.24) is 20.2 Å². The number of aliphatic imine (C=N–C) groups is 1. The first-order valence-corrected chi connectivity index (χ1v) is 10.9. The molecule has 0 atom stereocenters. The average molecular weight is 436 g/mol. The summed E-state index contributed by atoms with van der Waals surface area (Å²) < 4.78 is 13.1. The Kier molecular flexibility index (Phi) is 9.13. The number of aromatic nitrogens is 2. The maximum absolute atomic E-state index is 5.98. The Hall–Kier alpha value is -3.32. The summed E-state index contributed by atoms with van der Waals surface area (Å²) in [6, 6.07) is 14.8. The van der Waals surface area contributed by atoms with E-state index in [4.69, 9.17) is 9.47 Å². The second-order valence-electron chi connectivity index (χ2n) is 7.64. The zero-order valence-corrected chi connectivity index (χ0v) is 19.2. The molecule has 32 heavy (non-hydrogen) atoms. The van der Waals surface area contributed by atoms with Crippen LogP contribution in [0.25, 0.3) is 0 Å². The van der Waals surface area contributed by atoms with Crippen LogP contribution in [0, 0.1) is 6.92 Å². The lowest BCUT2D eigenvalue weighted by Gasteiger charge is -2.16. The van der Waals surface area contributed by atoms with Gasteiger partial charge in [0.1, 0.15) is 5.75 Å². The van der Waals surface area contributed by atoms with E-state index in [2.05, 4.69) is 74.6 Å². The molecule has 3 aromatic rings. The number of rotatable bonds is 11. The Morgan fingerprint density at radius 3 is 2.69 bits per heavy atom.